The van der Waals surface area contributed by atoms with E-state index >= 15 is 0 Å². The molecule has 0 unspecified atom stereocenters. The standard InChI is InChI=1S/C25H25Cl2N3O3S2/c1-25(2,3)13-5-6-14-19(11-13)35-23(20(14)21(28)31)30-24(34)29-22(32)18-9-8-17(33-18)12-4-7-15(26)16(27)10-12/h4,7-10,13H,5-6,11H2,1-3H3,(H2,28,31)(H2,29,30,32,34)/t13-/m1/s1. The number of carbonyl (C=O) groups excluding carboxylic acids is 2. The second-order valence-electron chi connectivity index (χ2n) is 9.58. The van der Waals surface area contributed by atoms with Crippen molar-refractivity contribution in [1.29, 1.82) is 0 Å². The van der Waals surface area contributed by atoms with Gasteiger partial charge in [-0.25, -0.2) is 0 Å². The molecule has 4 rings (SSSR count). The van der Waals surface area contributed by atoms with Crippen molar-refractivity contribution in [3.05, 3.63) is 62.1 Å². The van der Waals surface area contributed by atoms with E-state index in [0.717, 1.165) is 29.7 Å². The lowest BCUT2D eigenvalue weighted by Gasteiger charge is -2.33. The van der Waals surface area contributed by atoms with Crippen molar-refractivity contribution in [2.75, 3.05) is 5.32 Å². The zero-order valence-electron chi connectivity index (χ0n) is 19.5. The molecule has 10 heteroatoms. The van der Waals surface area contributed by atoms with Crippen molar-refractivity contribution in [1.82, 2.24) is 5.32 Å². The van der Waals surface area contributed by atoms with Crippen LogP contribution in [-0.4, -0.2) is 16.9 Å². The molecule has 0 spiro atoms. The van der Waals surface area contributed by atoms with E-state index in [0.29, 0.717) is 37.9 Å². The fourth-order valence-electron chi connectivity index (χ4n) is 4.24. The topological polar surface area (TPSA) is 97.4 Å². The minimum atomic E-state index is -0.524. The molecule has 2 amide bonds. The Labute approximate surface area is 223 Å². The molecule has 0 fully saturated rings. The van der Waals surface area contributed by atoms with Crippen LogP contribution in [0, 0.1) is 11.3 Å². The number of carbonyl (C=O) groups is 2. The number of furan rings is 1. The van der Waals surface area contributed by atoms with Crippen molar-refractivity contribution in [3.63, 3.8) is 0 Å². The summed E-state index contributed by atoms with van der Waals surface area (Å²) in [5.41, 5.74) is 8.00. The number of nitrogens with two attached hydrogens (primary N) is 1. The molecule has 0 radical (unpaired) electrons. The van der Waals surface area contributed by atoms with Crippen molar-refractivity contribution in [2.24, 2.45) is 17.1 Å². The number of anilines is 1. The zero-order chi connectivity index (χ0) is 25.5. The molecule has 3 aromatic rings. The Bertz CT molecular complexity index is 1320. The molecule has 0 saturated carbocycles. The fourth-order valence-corrected chi connectivity index (χ4v) is 6.13. The zero-order valence-corrected chi connectivity index (χ0v) is 22.6. The van der Waals surface area contributed by atoms with Crippen molar-refractivity contribution < 1.29 is 14.0 Å². The molecule has 35 heavy (non-hydrogen) atoms. The maximum absolute atomic E-state index is 12.7. The maximum Gasteiger partial charge on any atom is 0.293 e. The minimum absolute atomic E-state index is 0.0518. The third-order valence-electron chi connectivity index (χ3n) is 6.22. The smallest absolute Gasteiger partial charge is 0.293 e. The average molecular weight is 551 g/mol. The molecule has 0 saturated heterocycles. The Balaban J connectivity index is 1.48. The van der Waals surface area contributed by atoms with Gasteiger partial charge in [-0.15, -0.1) is 11.3 Å². The summed E-state index contributed by atoms with van der Waals surface area (Å²) in [7, 11) is 0. The summed E-state index contributed by atoms with van der Waals surface area (Å²) in [4.78, 5) is 26.1. The van der Waals surface area contributed by atoms with Crippen LogP contribution >= 0.6 is 46.8 Å². The Hall–Kier alpha value is -2.39. The SMILES string of the molecule is CC(C)(C)[C@@H]1CCc2c(sc(NC(=S)NC(=O)c3ccc(-c4ccc(Cl)c(Cl)c4)o3)c2C(N)=O)C1. The summed E-state index contributed by atoms with van der Waals surface area (Å²) in [6.07, 6.45) is 2.67. The number of halogens is 2. The molecule has 1 aliphatic carbocycles. The van der Waals surface area contributed by atoms with E-state index in [1.165, 1.54) is 11.3 Å². The lowest BCUT2D eigenvalue weighted by molar-refractivity contribution is 0.0950. The highest BCUT2D eigenvalue weighted by Crippen LogP contribution is 2.44. The number of thiocarbonyl (C=S) groups is 1. The number of rotatable bonds is 4. The molecule has 184 valence electrons. The highest BCUT2D eigenvalue weighted by atomic mass is 35.5. The Kier molecular flexibility index (Phi) is 7.29. The number of amides is 2. The van der Waals surface area contributed by atoms with Crippen molar-refractivity contribution >= 4 is 68.7 Å². The molecule has 1 aliphatic rings. The normalized spacial score (nSPS) is 15.4. The number of benzene rings is 1. The summed E-state index contributed by atoms with van der Waals surface area (Å²) in [5.74, 6) is 0.0125. The van der Waals surface area contributed by atoms with Crippen LogP contribution in [0.5, 0.6) is 0 Å². The number of primary amides is 1. The lowest BCUT2D eigenvalue weighted by atomic mass is 9.72. The summed E-state index contributed by atoms with van der Waals surface area (Å²) >= 11 is 18.9. The van der Waals surface area contributed by atoms with Crippen LogP contribution in [-0.2, 0) is 12.8 Å². The molecular formula is C25H25Cl2N3O3S2. The van der Waals surface area contributed by atoms with E-state index in [2.05, 4.69) is 31.4 Å². The Morgan fingerprint density at radius 3 is 2.57 bits per heavy atom. The molecule has 0 bridgehead atoms. The van der Waals surface area contributed by atoms with Gasteiger partial charge < -0.3 is 15.5 Å². The van der Waals surface area contributed by atoms with E-state index in [-0.39, 0.29) is 16.3 Å². The van der Waals surface area contributed by atoms with Gasteiger partial charge in [0.25, 0.3) is 11.8 Å². The van der Waals surface area contributed by atoms with E-state index in [9.17, 15) is 9.59 Å². The average Bonchev–Trinajstić information content (AvgIpc) is 3.39. The van der Waals surface area contributed by atoms with Crippen molar-refractivity contribution in [3.8, 4) is 11.3 Å². The lowest BCUT2D eigenvalue weighted by Crippen LogP contribution is -2.34. The van der Waals surface area contributed by atoms with Crippen LogP contribution in [0.15, 0.2) is 34.7 Å². The van der Waals surface area contributed by atoms with Gasteiger partial charge in [0.05, 0.1) is 15.6 Å². The summed E-state index contributed by atoms with van der Waals surface area (Å²) in [6, 6.07) is 8.26. The summed E-state index contributed by atoms with van der Waals surface area (Å²) in [6.45, 7) is 6.70. The van der Waals surface area contributed by atoms with Gasteiger partial charge in [-0.2, -0.15) is 0 Å². The Morgan fingerprint density at radius 2 is 1.91 bits per heavy atom. The van der Waals surface area contributed by atoms with Crippen LogP contribution in [0.25, 0.3) is 11.3 Å². The maximum atomic E-state index is 12.7. The predicted octanol–water partition coefficient (Wildman–Crippen LogP) is 6.69. The molecule has 6 nitrogen and oxygen atoms in total. The number of fused-ring (bicyclic) bond motifs is 1. The second-order valence-corrected chi connectivity index (χ2v) is 11.9. The van der Waals surface area contributed by atoms with Crippen LogP contribution in [0.2, 0.25) is 10.0 Å². The van der Waals surface area contributed by atoms with Gasteiger partial charge in [0.1, 0.15) is 10.8 Å². The second kappa shape index (κ2) is 9.93. The first-order chi connectivity index (χ1) is 16.4. The van der Waals surface area contributed by atoms with Gasteiger partial charge in [0.2, 0.25) is 0 Å². The van der Waals surface area contributed by atoms with E-state index < -0.39 is 11.8 Å². The van der Waals surface area contributed by atoms with E-state index in [4.69, 9.17) is 45.6 Å². The molecule has 2 aromatic heterocycles. The van der Waals surface area contributed by atoms with Crippen LogP contribution in [0.1, 0.15) is 58.5 Å². The van der Waals surface area contributed by atoms with E-state index in [1.807, 2.05) is 0 Å². The molecular weight excluding hydrogens is 525 g/mol. The molecule has 0 aliphatic heterocycles. The first-order valence-corrected chi connectivity index (χ1v) is 13.0. The highest BCUT2D eigenvalue weighted by molar-refractivity contribution is 7.80. The molecule has 4 N–H and O–H groups in total. The van der Waals surface area contributed by atoms with E-state index in [1.54, 1.807) is 30.3 Å². The summed E-state index contributed by atoms with van der Waals surface area (Å²) in [5, 5.41) is 7.02. The van der Waals surface area contributed by atoms with Crippen molar-refractivity contribution in [2.45, 2.75) is 40.0 Å². The number of thiophene rings is 1. The number of hydrogen-bond acceptors (Lipinski definition) is 5. The van der Waals surface area contributed by atoms with Gasteiger partial charge in [0.15, 0.2) is 10.9 Å². The number of hydrogen-bond donors (Lipinski definition) is 3. The van der Waals surface area contributed by atoms with Crippen LogP contribution in [0.3, 0.4) is 0 Å². The first-order valence-electron chi connectivity index (χ1n) is 11.1. The minimum Gasteiger partial charge on any atom is -0.451 e. The quantitative estimate of drug-likeness (QED) is 0.315. The molecule has 2 heterocycles. The summed E-state index contributed by atoms with van der Waals surface area (Å²) < 4.78 is 5.68. The predicted molar refractivity (Wildman–Crippen MR) is 146 cm³/mol. The third-order valence-corrected chi connectivity index (χ3v) is 8.34. The molecule has 1 atom stereocenters. The Morgan fingerprint density at radius 1 is 1.17 bits per heavy atom. The van der Waals surface area contributed by atoms with Crippen LogP contribution < -0.4 is 16.4 Å². The van der Waals surface area contributed by atoms with Gasteiger partial charge in [-0.1, -0.05) is 44.0 Å². The number of nitrogens with one attached hydrogen (secondary N) is 2. The van der Waals surface area contributed by atoms with Gasteiger partial charge >= 0.3 is 0 Å². The third kappa shape index (κ3) is 5.56. The van der Waals surface area contributed by atoms with Gasteiger partial charge in [-0.05, 0) is 78.7 Å². The van der Waals surface area contributed by atoms with Gasteiger partial charge in [-0.3, -0.25) is 14.9 Å². The molecule has 1 aromatic carbocycles. The van der Waals surface area contributed by atoms with Crippen LogP contribution in [0.4, 0.5) is 5.00 Å². The first kappa shape index (κ1) is 25.7. The monoisotopic (exact) mass is 549 g/mol. The van der Waals surface area contributed by atoms with Gasteiger partial charge in [0, 0.05) is 10.4 Å². The highest BCUT2D eigenvalue weighted by Gasteiger charge is 2.33. The fraction of sp³-hybridized carbons (Fsp3) is 0.320. The largest absolute Gasteiger partial charge is 0.451 e.